The molecule has 5 aliphatic rings. The molecule has 0 heterocycles. The first-order chi connectivity index (χ1) is 20.4. The molecule has 0 bridgehead atoms. The molecule has 6 nitrogen and oxygen atoms in total. The van der Waals surface area contributed by atoms with Gasteiger partial charge in [-0.05, 0) is 120 Å². The van der Waals surface area contributed by atoms with Crippen molar-refractivity contribution in [2.45, 2.75) is 106 Å². The highest BCUT2D eigenvalue weighted by Crippen LogP contribution is 2.75. The van der Waals surface area contributed by atoms with Gasteiger partial charge in [0.25, 0.3) is 0 Å². The number of hydrogen-bond acceptors (Lipinski definition) is 5. The standard InChI is InChI=1S/C38H52O6/c1-33(2)20-25-24-10-12-29-35(5)19-23(17-22-9-11-26(39)27(18-22)44-8)31(41)34(3,4)28(35)13-14-37(29,7)36(24,6)15-16-38(25,32(42)43)30(40)21-33/h9-11,17-18,25,28-30,39-40H,12-16,19-21H2,1-8H3,(H,42,43)/b23-17+/t25-,28-,29+,30+,35-,36+,37+,38-/m0/s1. The fourth-order valence-electron chi connectivity index (χ4n) is 11.8. The van der Waals surface area contributed by atoms with Crippen molar-refractivity contribution in [3.05, 3.63) is 41.0 Å². The Labute approximate surface area is 263 Å². The summed E-state index contributed by atoms with van der Waals surface area (Å²) in [6.45, 7) is 15.9. The van der Waals surface area contributed by atoms with E-state index >= 15 is 0 Å². The number of fused-ring (bicyclic) bond motifs is 7. The molecule has 3 N–H and O–H groups in total. The smallest absolute Gasteiger partial charge is 0.312 e. The number of carboxylic acids is 1. The predicted octanol–water partition coefficient (Wildman–Crippen LogP) is 7.82. The zero-order chi connectivity index (χ0) is 32.3. The zero-order valence-electron chi connectivity index (χ0n) is 27.9. The molecule has 8 atom stereocenters. The Kier molecular flexibility index (Phi) is 6.92. The van der Waals surface area contributed by atoms with Gasteiger partial charge in [-0.2, -0.15) is 0 Å². The second-order valence-electron chi connectivity index (χ2n) is 17.1. The highest BCUT2D eigenvalue weighted by Gasteiger charge is 2.71. The number of benzene rings is 1. The van der Waals surface area contributed by atoms with Crippen LogP contribution in [0.1, 0.15) is 105 Å². The van der Waals surface area contributed by atoms with E-state index in [2.05, 4.69) is 54.5 Å². The topological polar surface area (TPSA) is 104 Å². The molecule has 1 aromatic rings. The molecule has 0 aromatic heterocycles. The lowest BCUT2D eigenvalue weighted by atomic mass is 9.33. The zero-order valence-corrected chi connectivity index (χ0v) is 27.9. The third kappa shape index (κ3) is 4.01. The van der Waals surface area contributed by atoms with Crippen LogP contribution in [0, 0.1) is 50.2 Å². The lowest BCUT2D eigenvalue weighted by Crippen LogP contribution is -2.66. The van der Waals surface area contributed by atoms with E-state index in [-0.39, 0.29) is 45.0 Å². The lowest BCUT2D eigenvalue weighted by Gasteiger charge is -2.70. The quantitative estimate of drug-likeness (QED) is 0.240. The van der Waals surface area contributed by atoms with Gasteiger partial charge in [-0.1, -0.05) is 66.2 Å². The van der Waals surface area contributed by atoms with Gasteiger partial charge in [-0.3, -0.25) is 9.59 Å². The number of aromatic hydroxyl groups is 1. The number of ether oxygens (including phenoxy) is 1. The molecular formula is C38H52O6. The summed E-state index contributed by atoms with van der Waals surface area (Å²) in [4.78, 5) is 27.1. The number of methoxy groups -OCH3 is 1. The van der Waals surface area contributed by atoms with Gasteiger partial charge >= 0.3 is 5.97 Å². The Hall–Kier alpha value is -2.60. The Morgan fingerprint density at radius 1 is 1.00 bits per heavy atom. The monoisotopic (exact) mass is 604 g/mol. The number of allylic oxidation sites excluding steroid dienone is 3. The Morgan fingerprint density at radius 3 is 2.36 bits per heavy atom. The molecule has 1 aromatic carbocycles. The molecule has 0 unspecified atom stereocenters. The van der Waals surface area contributed by atoms with E-state index in [9.17, 15) is 24.9 Å². The van der Waals surface area contributed by atoms with Crippen LogP contribution >= 0.6 is 0 Å². The van der Waals surface area contributed by atoms with Crippen LogP contribution in [0.3, 0.4) is 0 Å². The number of carbonyl (C=O) groups is 2. The molecule has 0 saturated heterocycles. The van der Waals surface area contributed by atoms with Gasteiger partial charge < -0.3 is 20.1 Å². The molecule has 0 spiro atoms. The number of carboxylic acid groups (broad SMARTS) is 1. The molecule has 0 radical (unpaired) electrons. The highest BCUT2D eigenvalue weighted by molar-refractivity contribution is 6.04. The summed E-state index contributed by atoms with van der Waals surface area (Å²) in [6, 6.07) is 5.23. The molecular weight excluding hydrogens is 552 g/mol. The first kappa shape index (κ1) is 31.4. The number of aliphatic hydroxyl groups is 1. The van der Waals surface area contributed by atoms with Gasteiger partial charge in [0.1, 0.15) is 5.41 Å². The third-order valence-electron chi connectivity index (χ3n) is 14.2. The summed E-state index contributed by atoms with van der Waals surface area (Å²) in [5.41, 5.74) is 0.799. The summed E-state index contributed by atoms with van der Waals surface area (Å²) >= 11 is 0. The van der Waals surface area contributed by atoms with Crippen LogP contribution in [0.5, 0.6) is 11.5 Å². The fraction of sp³-hybridized carbons (Fsp3) is 0.684. The van der Waals surface area contributed by atoms with E-state index in [4.69, 9.17) is 4.74 Å². The summed E-state index contributed by atoms with van der Waals surface area (Å²) < 4.78 is 5.35. The van der Waals surface area contributed by atoms with Crippen LogP contribution in [0.25, 0.3) is 6.08 Å². The van der Waals surface area contributed by atoms with Crippen LogP contribution in [0.15, 0.2) is 35.4 Å². The van der Waals surface area contributed by atoms with E-state index in [1.54, 1.807) is 12.1 Å². The van der Waals surface area contributed by atoms with Gasteiger partial charge in [0.05, 0.1) is 13.2 Å². The van der Waals surface area contributed by atoms with Crippen molar-refractivity contribution in [3.8, 4) is 11.5 Å². The minimum atomic E-state index is -1.12. The second kappa shape index (κ2) is 9.70. The van der Waals surface area contributed by atoms with Crippen LogP contribution in [-0.4, -0.2) is 40.3 Å². The number of aliphatic carboxylic acids is 1. The third-order valence-corrected chi connectivity index (χ3v) is 14.2. The largest absolute Gasteiger partial charge is 0.504 e. The maximum absolute atomic E-state index is 14.1. The maximum atomic E-state index is 14.1. The van der Waals surface area contributed by atoms with Crippen molar-refractivity contribution in [2.24, 2.45) is 50.2 Å². The van der Waals surface area contributed by atoms with Crippen LogP contribution in [0.2, 0.25) is 0 Å². The Bertz CT molecular complexity index is 1470. The average molecular weight is 605 g/mol. The van der Waals surface area contributed by atoms with Crippen molar-refractivity contribution in [1.82, 2.24) is 0 Å². The van der Waals surface area contributed by atoms with Crippen molar-refractivity contribution in [1.29, 1.82) is 0 Å². The summed E-state index contributed by atoms with van der Waals surface area (Å²) in [5.74, 6) is 0.214. The second-order valence-corrected chi connectivity index (χ2v) is 17.1. The number of phenolic OH excluding ortho intramolecular Hbond substituents is 1. The fourth-order valence-corrected chi connectivity index (χ4v) is 11.8. The maximum Gasteiger partial charge on any atom is 0.312 e. The van der Waals surface area contributed by atoms with E-state index in [0.717, 1.165) is 43.2 Å². The van der Waals surface area contributed by atoms with Gasteiger partial charge in [-0.15, -0.1) is 0 Å². The van der Waals surface area contributed by atoms with Gasteiger partial charge in [0.15, 0.2) is 17.3 Å². The molecule has 6 heteroatoms. The normalized spacial score (nSPS) is 43.2. The number of aliphatic hydroxyl groups excluding tert-OH is 1. The molecule has 6 rings (SSSR count). The summed E-state index contributed by atoms with van der Waals surface area (Å²) in [5, 5.41) is 32.3. The average Bonchev–Trinajstić information content (AvgIpc) is 2.92. The first-order valence-electron chi connectivity index (χ1n) is 16.6. The van der Waals surface area contributed by atoms with Crippen molar-refractivity contribution >= 4 is 17.8 Å². The van der Waals surface area contributed by atoms with Gasteiger partial charge in [0, 0.05) is 5.41 Å². The Morgan fingerprint density at radius 2 is 1.70 bits per heavy atom. The number of carbonyl (C=O) groups excluding carboxylic acids is 1. The number of Topliss-reactive ketones (excluding diaryl/α,β-unsaturated/α-hetero) is 1. The minimum absolute atomic E-state index is 0.0666. The molecule has 0 aliphatic heterocycles. The predicted molar refractivity (Wildman–Crippen MR) is 171 cm³/mol. The van der Waals surface area contributed by atoms with Crippen molar-refractivity contribution in [2.75, 3.05) is 7.11 Å². The lowest BCUT2D eigenvalue weighted by molar-refractivity contribution is -0.197. The number of phenols is 1. The SMILES string of the molecule is COc1cc(/C=C2\C[C@]3(C)[C@H]4CC=C5[C@@H]6CC(C)(C)C[C@@H](O)[C@]6(C(=O)O)CC[C@@]5(C)[C@]4(C)CC[C@H]3C(C)(C)C2=O)ccc1O. The molecule has 44 heavy (non-hydrogen) atoms. The number of hydrogen-bond donors (Lipinski definition) is 3. The van der Waals surface area contributed by atoms with Gasteiger partial charge in [-0.25, -0.2) is 0 Å². The Balaban J connectivity index is 1.45. The van der Waals surface area contributed by atoms with Crippen LogP contribution in [0.4, 0.5) is 0 Å². The summed E-state index contributed by atoms with van der Waals surface area (Å²) in [7, 11) is 1.53. The first-order valence-corrected chi connectivity index (χ1v) is 16.6. The molecule has 0 amide bonds. The van der Waals surface area contributed by atoms with E-state index in [0.29, 0.717) is 30.9 Å². The van der Waals surface area contributed by atoms with Crippen LogP contribution < -0.4 is 4.74 Å². The van der Waals surface area contributed by atoms with Gasteiger partial charge in [0.2, 0.25) is 0 Å². The number of rotatable bonds is 3. The molecule has 5 aliphatic carbocycles. The highest BCUT2D eigenvalue weighted by atomic mass is 16.5. The number of ketones is 1. The van der Waals surface area contributed by atoms with E-state index in [1.165, 1.54) is 12.7 Å². The van der Waals surface area contributed by atoms with Crippen molar-refractivity contribution in [3.63, 3.8) is 0 Å². The molecule has 240 valence electrons. The van der Waals surface area contributed by atoms with E-state index in [1.807, 2.05) is 12.1 Å². The summed E-state index contributed by atoms with van der Waals surface area (Å²) in [6.07, 6.45) is 9.63. The minimum Gasteiger partial charge on any atom is -0.504 e. The molecule has 4 saturated carbocycles. The molecule has 4 fully saturated rings. The van der Waals surface area contributed by atoms with Crippen LogP contribution in [-0.2, 0) is 9.59 Å². The van der Waals surface area contributed by atoms with Crippen molar-refractivity contribution < 1.29 is 29.6 Å². The van der Waals surface area contributed by atoms with E-state index < -0.39 is 22.9 Å².